The van der Waals surface area contributed by atoms with Gasteiger partial charge in [0, 0.05) is 26.2 Å². The summed E-state index contributed by atoms with van der Waals surface area (Å²) in [4.78, 5) is 8.45. The molecule has 3 rings (SSSR count). The summed E-state index contributed by atoms with van der Waals surface area (Å²) in [7, 11) is 0. The minimum Gasteiger partial charge on any atom is -0.508 e. The fourth-order valence-corrected chi connectivity index (χ4v) is 2.76. The van der Waals surface area contributed by atoms with E-state index in [0.29, 0.717) is 44.4 Å². The molecule has 1 aliphatic heterocycles. The van der Waals surface area contributed by atoms with Gasteiger partial charge in [0.2, 0.25) is 0 Å². The van der Waals surface area contributed by atoms with Crippen LogP contribution < -0.4 is 10.6 Å². The first kappa shape index (κ1) is 16.1. The lowest BCUT2D eigenvalue weighted by Crippen LogP contribution is -2.51. The molecule has 1 fully saturated rings. The van der Waals surface area contributed by atoms with Crippen molar-refractivity contribution in [3.63, 3.8) is 0 Å². The molecule has 0 spiro atoms. The Hall–Kier alpha value is -2.76. The molecular weight excluding hydrogens is 307 g/mol. The van der Waals surface area contributed by atoms with Crippen molar-refractivity contribution in [2.75, 3.05) is 31.1 Å². The number of rotatable bonds is 3. The minimum absolute atomic E-state index is 0.195. The van der Waals surface area contributed by atoms with Gasteiger partial charge in [-0.15, -0.1) is 0 Å². The number of aromatic hydroxyl groups is 1. The van der Waals surface area contributed by atoms with Gasteiger partial charge in [-0.3, -0.25) is 0 Å². The molecule has 3 N–H and O–H groups in total. The van der Waals surface area contributed by atoms with Crippen molar-refractivity contribution >= 4 is 11.6 Å². The standard InChI is InChI=1S/C18H21FN4O/c19-16-3-1-2-4-17(16)22-9-11-23(12-10-22)18(20)21-13-14-5-7-15(24)8-6-14/h1-8,24H,9-13H2,(H2,20,21). The first-order chi connectivity index (χ1) is 11.6. The zero-order valence-electron chi connectivity index (χ0n) is 13.4. The summed E-state index contributed by atoms with van der Waals surface area (Å²) in [5.41, 5.74) is 7.70. The van der Waals surface area contributed by atoms with Crippen LogP contribution in [0.5, 0.6) is 5.75 Å². The topological polar surface area (TPSA) is 65.1 Å². The van der Waals surface area contributed by atoms with Crippen LogP contribution >= 0.6 is 0 Å². The monoisotopic (exact) mass is 328 g/mol. The van der Waals surface area contributed by atoms with Crippen molar-refractivity contribution in [3.8, 4) is 5.75 Å². The van der Waals surface area contributed by atoms with Crippen molar-refractivity contribution in [1.29, 1.82) is 0 Å². The van der Waals surface area contributed by atoms with Gasteiger partial charge in [0.15, 0.2) is 5.96 Å². The fourth-order valence-electron chi connectivity index (χ4n) is 2.76. The first-order valence-electron chi connectivity index (χ1n) is 7.96. The molecule has 0 saturated carbocycles. The molecule has 1 saturated heterocycles. The highest BCUT2D eigenvalue weighted by Crippen LogP contribution is 2.20. The number of phenols is 1. The van der Waals surface area contributed by atoms with Crippen LogP contribution in [0.2, 0.25) is 0 Å². The number of para-hydroxylation sites is 1. The minimum atomic E-state index is -0.195. The van der Waals surface area contributed by atoms with Gasteiger partial charge in [-0.2, -0.15) is 0 Å². The van der Waals surface area contributed by atoms with Crippen LogP contribution in [0.4, 0.5) is 10.1 Å². The number of nitrogens with zero attached hydrogens (tertiary/aromatic N) is 3. The van der Waals surface area contributed by atoms with Gasteiger partial charge >= 0.3 is 0 Å². The van der Waals surface area contributed by atoms with E-state index in [2.05, 4.69) is 4.99 Å². The molecule has 126 valence electrons. The lowest BCUT2D eigenvalue weighted by atomic mass is 10.2. The third-order valence-electron chi connectivity index (χ3n) is 4.16. The van der Waals surface area contributed by atoms with E-state index < -0.39 is 0 Å². The van der Waals surface area contributed by atoms with Gasteiger partial charge in [0.25, 0.3) is 0 Å². The molecule has 1 heterocycles. The fraction of sp³-hybridized carbons (Fsp3) is 0.278. The van der Waals surface area contributed by atoms with Gasteiger partial charge < -0.3 is 20.6 Å². The zero-order valence-corrected chi connectivity index (χ0v) is 13.4. The number of guanidine groups is 1. The van der Waals surface area contributed by atoms with Crippen molar-refractivity contribution in [2.24, 2.45) is 10.7 Å². The highest BCUT2D eigenvalue weighted by Gasteiger charge is 2.20. The van der Waals surface area contributed by atoms with Crippen LogP contribution in [-0.4, -0.2) is 42.1 Å². The Labute approximate surface area is 140 Å². The predicted molar refractivity (Wildman–Crippen MR) is 93.6 cm³/mol. The summed E-state index contributed by atoms with van der Waals surface area (Å²) in [5.74, 6) is 0.538. The third kappa shape index (κ3) is 3.76. The van der Waals surface area contributed by atoms with Gasteiger partial charge in [-0.25, -0.2) is 9.38 Å². The molecule has 0 unspecified atom stereocenters. The predicted octanol–water partition coefficient (Wildman–Crippen LogP) is 2.17. The van der Waals surface area contributed by atoms with Crippen molar-refractivity contribution in [1.82, 2.24) is 4.90 Å². The number of anilines is 1. The number of hydrogen-bond acceptors (Lipinski definition) is 3. The van der Waals surface area contributed by atoms with Crippen molar-refractivity contribution in [2.45, 2.75) is 6.54 Å². The van der Waals surface area contributed by atoms with Crippen LogP contribution in [-0.2, 0) is 6.54 Å². The molecule has 1 aliphatic rings. The lowest BCUT2D eigenvalue weighted by molar-refractivity contribution is 0.378. The van der Waals surface area contributed by atoms with Crippen LogP contribution in [0, 0.1) is 5.82 Å². The van der Waals surface area contributed by atoms with Crippen LogP contribution in [0.3, 0.4) is 0 Å². The molecule has 0 amide bonds. The summed E-state index contributed by atoms with van der Waals surface area (Å²) in [6.07, 6.45) is 0. The maximum atomic E-state index is 13.8. The Morgan fingerprint density at radius 1 is 1.04 bits per heavy atom. The second kappa shape index (κ2) is 7.21. The molecule has 0 atom stereocenters. The van der Waals surface area contributed by atoms with Gasteiger partial charge in [-0.05, 0) is 29.8 Å². The van der Waals surface area contributed by atoms with Crippen molar-refractivity contribution < 1.29 is 9.50 Å². The van der Waals surface area contributed by atoms with Gasteiger partial charge in [0.1, 0.15) is 11.6 Å². The Bertz CT molecular complexity index is 709. The van der Waals surface area contributed by atoms with E-state index in [1.165, 1.54) is 6.07 Å². The number of halogens is 1. The third-order valence-corrected chi connectivity index (χ3v) is 4.16. The molecule has 6 heteroatoms. The molecular formula is C18H21FN4O. The summed E-state index contributed by atoms with van der Waals surface area (Å²) in [6.45, 7) is 3.30. The second-order valence-corrected chi connectivity index (χ2v) is 5.77. The number of hydrogen-bond donors (Lipinski definition) is 2. The Balaban J connectivity index is 1.56. The Kier molecular flexibility index (Phi) is 4.84. The molecule has 2 aromatic carbocycles. The number of piperazine rings is 1. The summed E-state index contributed by atoms with van der Waals surface area (Å²) in [6, 6.07) is 13.7. The summed E-state index contributed by atoms with van der Waals surface area (Å²) in [5, 5.41) is 9.28. The van der Waals surface area contributed by atoms with E-state index in [4.69, 9.17) is 5.73 Å². The average Bonchev–Trinajstić information content (AvgIpc) is 2.61. The van der Waals surface area contributed by atoms with Gasteiger partial charge in [-0.1, -0.05) is 24.3 Å². The molecule has 24 heavy (non-hydrogen) atoms. The Morgan fingerprint density at radius 3 is 2.38 bits per heavy atom. The number of benzene rings is 2. The maximum absolute atomic E-state index is 13.8. The van der Waals surface area contributed by atoms with Crippen LogP contribution in [0.15, 0.2) is 53.5 Å². The molecule has 0 bridgehead atoms. The van der Waals surface area contributed by atoms with E-state index >= 15 is 0 Å². The van der Waals surface area contributed by atoms with E-state index in [1.807, 2.05) is 28.0 Å². The number of phenolic OH excluding ortho intramolecular Hbond substituents is 1. The zero-order chi connectivity index (χ0) is 16.9. The van der Waals surface area contributed by atoms with E-state index in [1.54, 1.807) is 24.3 Å². The van der Waals surface area contributed by atoms with Crippen LogP contribution in [0.25, 0.3) is 0 Å². The highest BCUT2D eigenvalue weighted by molar-refractivity contribution is 5.78. The van der Waals surface area contributed by atoms with Gasteiger partial charge in [0.05, 0.1) is 12.2 Å². The molecule has 0 aliphatic carbocycles. The smallest absolute Gasteiger partial charge is 0.191 e. The van der Waals surface area contributed by atoms with Crippen molar-refractivity contribution in [3.05, 3.63) is 59.9 Å². The largest absolute Gasteiger partial charge is 0.508 e. The number of nitrogens with two attached hydrogens (primary N) is 1. The van der Waals surface area contributed by atoms with E-state index in [0.717, 1.165) is 5.56 Å². The normalized spacial score (nSPS) is 15.6. The maximum Gasteiger partial charge on any atom is 0.191 e. The second-order valence-electron chi connectivity index (χ2n) is 5.77. The van der Waals surface area contributed by atoms with Crippen LogP contribution in [0.1, 0.15) is 5.56 Å². The molecule has 0 radical (unpaired) electrons. The highest BCUT2D eigenvalue weighted by atomic mass is 19.1. The number of aliphatic imine (C=N–C) groups is 1. The lowest BCUT2D eigenvalue weighted by Gasteiger charge is -2.36. The first-order valence-corrected chi connectivity index (χ1v) is 7.96. The quantitative estimate of drug-likeness (QED) is 0.669. The SMILES string of the molecule is NC(=NCc1ccc(O)cc1)N1CCN(c2ccccc2F)CC1. The molecule has 0 aromatic heterocycles. The summed E-state index contributed by atoms with van der Waals surface area (Å²) >= 11 is 0. The molecule has 5 nitrogen and oxygen atoms in total. The average molecular weight is 328 g/mol. The van der Waals surface area contributed by atoms with E-state index in [-0.39, 0.29) is 11.6 Å². The van der Waals surface area contributed by atoms with E-state index in [9.17, 15) is 9.50 Å². The molecule has 2 aromatic rings. The summed E-state index contributed by atoms with van der Waals surface area (Å²) < 4.78 is 13.8. The Morgan fingerprint density at radius 2 is 1.71 bits per heavy atom.